The van der Waals surface area contributed by atoms with Crippen molar-refractivity contribution in [2.75, 3.05) is 10.2 Å². The lowest BCUT2D eigenvalue weighted by atomic mass is 10.1. The van der Waals surface area contributed by atoms with Crippen LogP contribution in [0.25, 0.3) is 0 Å². The van der Waals surface area contributed by atoms with Crippen LogP contribution in [-0.2, 0) is 22.1 Å². The smallest absolute Gasteiger partial charge is 0.307 e. The molecule has 0 fully saturated rings. The molecule has 0 saturated carbocycles. The number of nitrogens with zero attached hydrogens (tertiary/aromatic N) is 3. The molecule has 1 aliphatic rings. The quantitative estimate of drug-likeness (QED) is 0.744. The number of para-hydroxylation sites is 1. The molecule has 0 bridgehead atoms. The highest BCUT2D eigenvalue weighted by molar-refractivity contribution is 7.90. The van der Waals surface area contributed by atoms with Crippen LogP contribution in [0.3, 0.4) is 0 Å². The highest BCUT2D eigenvalue weighted by Gasteiger charge is 2.26. The van der Waals surface area contributed by atoms with E-state index in [1.54, 1.807) is 17.5 Å². The first-order valence-corrected chi connectivity index (χ1v) is 10.3. The predicted octanol–water partition coefficient (Wildman–Crippen LogP) is 3.06. The maximum absolute atomic E-state index is 12.4. The zero-order valence-electron chi connectivity index (χ0n) is 13.5. The number of carbonyl (C=O) groups excluding carboxylic acids is 1. The predicted molar refractivity (Wildman–Crippen MR) is 98.9 cm³/mol. The Morgan fingerprint density at radius 3 is 2.77 bits per heavy atom. The van der Waals surface area contributed by atoms with E-state index in [0.29, 0.717) is 17.4 Å². The van der Waals surface area contributed by atoms with Crippen LogP contribution in [-0.4, -0.2) is 24.4 Å². The van der Waals surface area contributed by atoms with Gasteiger partial charge in [-0.1, -0.05) is 24.3 Å². The molecule has 0 unspecified atom stereocenters. The topological polar surface area (TPSA) is 92.3 Å². The first kappa shape index (κ1) is 16.7. The van der Waals surface area contributed by atoms with Gasteiger partial charge in [-0.15, -0.1) is 11.3 Å². The zero-order chi connectivity index (χ0) is 18.1. The normalized spacial score (nSPS) is 14.0. The second-order valence-corrected chi connectivity index (χ2v) is 8.58. The van der Waals surface area contributed by atoms with E-state index < -0.39 is 9.84 Å². The number of sulfone groups is 1. The lowest BCUT2D eigenvalue weighted by molar-refractivity contribution is 0.256. The number of urea groups is 1. The fourth-order valence-corrected chi connectivity index (χ4v) is 5.00. The van der Waals surface area contributed by atoms with Gasteiger partial charge in [-0.25, -0.2) is 23.2 Å². The molecular formula is C17H14N4O3S2. The number of hydrogen-bond acceptors (Lipinski definition) is 6. The second-order valence-electron chi connectivity index (χ2n) is 5.70. The van der Waals surface area contributed by atoms with Gasteiger partial charge >= 0.3 is 6.03 Å². The van der Waals surface area contributed by atoms with E-state index in [1.807, 2.05) is 24.3 Å². The maximum atomic E-state index is 12.4. The van der Waals surface area contributed by atoms with Crippen molar-refractivity contribution < 1.29 is 13.2 Å². The highest BCUT2D eigenvalue weighted by atomic mass is 32.2. The van der Waals surface area contributed by atoms with Crippen molar-refractivity contribution in [1.29, 1.82) is 0 Å². The lowest BCUT2D eigenvalue weighted by Crippen LogP contribution is -2.38. The molecule has 7 nitrogen and oxygen atoms in total. The Labute approximate surface area is 154 Å². The second kappa shape index (κ2) is 6.50. The molecule has 3 aromatic rings. The largest absolute Gasteiger partial charge is 0.327 e. The Bertz CT molecular complexity index is 1060. The number of anilines is 2. The number of rotatable bonds is 4. The summed E-state index contributed by atoms with van der Waals surface area (Å²) in [6.07, 6.45) is 1.44. The van der Waals surface area contributed by atoms with E-state index >= 15 is 0 Å². The van der Waals surface area contributed by atoms with Gasteiger partial charge in [0, 0.05) is 17.3 Å². The van der Waals surface area contributed by atoms with Crippen LogP contribution in [0.5, 0.6) is 0 Å². The summed E-state index contributed by atoms with van der Waals surface area (Å²) in [5.41, 5.74) is 1.75. The number of carbonyl (C=O) groups is 1. The zero-order valence-corrected chi connectivity index (χ0v) is 15.1. The van der Waals surface area contributed by atoms with Crippen molar-refractivity contribution in [1.82, 2.24) is 9.97 Å². The monoisotopic (exact) mass is 386 g/mol. The number of pyridine rings is 1. The van der Waals surface area contributed by atoms with Crippen molar-refractivity contribution in [3.05, 3.63) is 64.6 Å². The van der Waals surface area contributed by atoms with E-state index in [1.165, 1.54) is 28.5 Å². The minimum absolute atomic E-state index is 0.0152. The molecule has 1 aromatic carbocycles. The molecule has 132 valence electrons. The summed E-state index contributed by atoms with van der Waals surface area (Å²) in [6.45, 7) is 0.387. The van der Waals surface area contributed by atoms with E-state index in [9.17, 15) is 13.2 Å². The number of thiazole rings is 1. The number of fused-ring (bicyclic) bond motifs is 1. The molecule has 9 heteroatoms. The maximum Gasteiger partial charge on any atom is 0.327 e. The Morgan fingerprint density at radius 1 is 1.15 bits per heavy atom. The van der Waals surface area contributed by atoms with Gasteiger partial charge in [-0.2, -0.15) is 0 Å². The third-order valence-electron chi connectivity index (χ3n) is 3.92. The molecule has 1 N–H and O–H groups in total. The Morgan fingerprint density at radius 2 is 1.96 bits per heavy atom. The molecule has 0 saturated heterocycles. The summed E-state index contributed by atoms with van der Waals surface area (Å²) in [6, 6.07) is 12.0. The minimum atomic E-state index is -3.58. The van der Waals surface area contributed by atoms with E-state index in [2.05, 4.69) is 15.3 Å². The lowest BCUT2D eigenvalue weighted by Gasteiger charge is -2.27. The summed E-state index contributed by atoms with van der Waals surface area (Å²) < 4.78 is 24.9. The fourth-order valence-electron chi connectivity index (χ4n) is 2.65. The molecule has 2 aromatic heterocycles. The van der Waals surface area contributed by atoms with Crippen molar-refractivity contribution in [2.45, 2.75) is 17.3 Å². The van der Waals surface area contributed by atoms with Crippen molar-refractivity contribution in [3.8, 4) is 0 Å². The van der Waals surface area contributed by atoms with E-state index in [0.717, 1.165) is 11.3 Å². The molecular weight excluding hydrogens is 372 g/mol. The Kier molecular flexibility index (Phi) is 4.17. The summed E-state index contributed by atoms with van der Waals surface area (Å²) in [5.74, 6) is 0.189. The number of aromatic nitrogens is 2. The van der Waals surface area contributed by atoms with Gasteiger partial charge in [0.2, 0.25) is 9.84 Å². The average Bonchev–Trinajstić information content (AvgIpc) is 3.09. The number of amides is 2. The molecule has 0 spiro atoms. The van der Waals surface area contributed by atoms with E-state index in [-0.39, 0.29) is 16.8 Å². The first-order chi connectivity index (χ1) is 12.5. The van der Waals surface area contributed by atoms with Gasteiger partial charge in [0.1, 0.15) is 16.6 Å². The molecule has 1 aliphatic heterocycles. The van der Waals surface area contributed by atoms with Crippen molar-refractivity contribution in [2.24, 2.45) is 0 Å². The standard InChI is InChI=1S/C17H14N4O3S2/c22-17-19-13-6-2-1-5-12(13)9-21(17)14-10-25-15(20-14)11-26(23,24)16-7-3-4-8-18-16/h1-8,10H,9,11H2,(H,19,22). The van der Waals surface area contributed by atoms with Gasteiger partial charge in [0.15, 0.2) is 5.03 Å². The summed E-state index contributed by atoms with van der Waals surface area (Å²) >= 11 is 1.21. The summed E-state index contributed by atoms with van der Waals surface area (Å²) in [5, 5.41) is 4.94. The third-order valence-corrected chi connectivity index (χ3v) is 6.47. The third kappa shape index (κ3) is 3.18. The first-order valence-electron chi connectivity index (χ1n) is 7.77. The van der Waals surface area contributed by atoms with Gasteiger partial charge in [0.25, 0.3) is 0 Å². The van der Waals surface area contributed by atoms with Gasteiger partial charge in [0.05, 0.1) is 6.54 Å². The number of nitrogens with one attached hydrogen (secondary N) is 1. The molecule has 26 heavy (non-hydrogen) atoms. The minimum Gasteiger partial charge on any atom is -0.307 e. The fraction of sp³-hybridized carbons (Fsp3) is 0.118. The average molecular weight is 386 g/mol. The summed E-state index contributed by atoms with van der Waals surface area (Å²) in [4.78, 5) is 22.1. The van der Waals surface area contributed by atoms with Gasteiger partial charge < -0.3 is 5.32 Å². The molecule has 4 rings (SSSR count). The van der Waals surface area contributed by atoms with Crippen LogP contribution in [0, 0.1) is 0 Å². The highest BCUT2D eigenvalue weighted by Crippen LogP contribution is 2.29. The molecule has 0 aliphatic carbocycles. The molecule has 0 atom stereocenters. The Balaban J connectivity index is 1.56. The number of hydrogen-bond donors (Lipinski definition) is 1. The van der Waals surface area contributed by atoms with Crippen molar-refractivity contribution >= 4 is 38.7 Å². The Hall–Kier alpha value is -2.78. The van der Waals surface area contributed by atoms with Gasteiger partial charge in [-0.05, 0) is 23.8 Å². The van der Waals surface area contributed by atoms with Crippen LogP contribution < -0.4 is 10.2 Å². The van der Waals surface area contributed by atoms with Crippen LogP contribution in [0.4, 0.5) is 16.3 Å². The molecule has 2 amide bonds. The number of benzene rings is 1. The van der Waals surface area contributed by atoms with E-state index in [4.69, 9.17) is 0 Å². The van der Waals surface area contributed by atoms with Gasteiger partial charge in [-0.3, -0.25) is 4.90 Å². The van der Waals surface area contributed by atoms with Crippen molar-refractivity contribution in [3.63, 3.8) is 0 Å². The van der Waals surface area contributed by atoms with Crippen LogP contribution in [0.2, 0.25) is 0 Å². The summed E-state index contributed by atoms with van der Waals surface area (Å²) in [7, 11) is -3.58. The van der Waals surface area contributed by atoms with Crippen LogP contribution in [0.15, 0.2) is 59.1 Å². The van der Waals surface area contributed by atoms with Crippen LogP contribution in [0.1, 0.15) is 10.6 Å². The SMILES string of the molecule is O=C1Nc2ccccc2CN1c1csc(CS(=O)(=O)c2ccccn2)n1. The molecule has 0 radical (unpaired) electrons. The van der Waals surface area contributed by atoms with Crippen LogP contribution >= 0.6 is 11.3 Å². The molecule has 3 heterocycles.